The van der Waals surface area contributed by atoms with Gasteiger partial charge in [-0.2, -0.15) is 0 Å². The molecular weight excluding hydrogens is 112 g/mol. The highest BCUT2D eigenvalue weighted by atomic mass is 16.3. The summed E-state index contributed by atoms with van der Waals surface area (Å²) in [7, 11) is 0. The van der Waals surface area contributed by atoms with E-state index in [0.717, 1.165) is 18.3 Å². The molecule has 0 aromatic rings. The van der Waals surface area contributed by atoms with Gasteiger partial charge in [-0.3, -0.25) is 0 Å². The van der Waals surface area contributed by atoms with Crippen molar-refractivity contribution in [1.29, 1.82) is 0 Å². The lowest BCUT2D eigenvalue weighted by Crippen LogP contribution is -2.05. The van der Waals surface area contributed by atoms with Crippen LogP contribution in [-0.4, -0.2) is 11.7 Å². The molecule has 1 unspecified atom stereocenters. The molecule has 0 saturated heterocycles. The number of aliphatic hydroxyl groups is 1. The first kappa shape index (κ1) is 7.07. The summed E-state index contributed by atoms with van der Waals surface area (Å²) in [4.78, 5) is 0. The Labute approximate surface area is 57.1 Å². The predicted molar refractivity (Wildman–Crippen MR) is 38.2 cm³/mol. The Balaban J connectivity index is 2.22. The van der Waals surface area contributed by atoms with Crippen LogP contribution in [0.25, 0.3) is 0 Å². The minimum atomic E-state index is 0.384. The first-order valence-corrected chi connectivity index (χ1v) is 3.95. The van der Waals surface area contributed by atoms with Crippen LogP contribution < -0.4 is 0 Å². The third-order valence-corrected chi connectivity index (χ3v) is 2.54. The summed E-state index contributed by atoms with van der Waals surface area (Å²) in [6.07, 6.45) is 5.14. The lowest BCUT2D eigenvalue weighted by atomic mass is 9.95. The molecule has 1 fully saturated rings. The van der Waals surface area contributed by atoms with Crippen molar-refractivity contribution in [2.24, 2.45) is 11.8 Å². The van der Waals surface area contributed by atoms with E-state index in [-0.39, 0.29) is 0 Å². The minimum absolute atomic E-state index is 0.384. The van der Waals surface area contributed by atoms with E-state index in [4.69, 9.17) is 5.11 Å². The fourth-order valence-electron chi connectivity index (χ4n) is 1.82. The van der Waals surface area contributed by atoms with Crippen LogP contribution in [0.1, 0.15) is 32.6 Å². The molecule has 1 nitrogen and oxygen atoms in total. The summed E-state index contributed by atoms with van der Waals surface area (Å²) in [6.45, 7) is 2.68. The second-order valence-corrected chi connectivity index (χ2v) is 3.18. The van der Waals surface area contributed by atoms with Gasteiger partial charge in [-0.05, 0) is 18.3 Å². The van der Waals surface area contributed by atoms with Crippen molar-refractivity contribution in [2.45, 2.75) is 32.6 Å². The molecule has 0 radical (unpaired) electrons. The Morgan fingerprint density at radius 2 is 2.22 bits per heavy atom. The molecule has 1 aliphatic carbocycles. The third kappa shape index (κ3) is 1.68. The van der Waals surface area contributed by atoms with Crippen LogP contribution in [0.15, 0.2) is 0 Å². The van der Waals surface area contributed by atoms with Crippen molar-refractivity contribution in [1.82, 2.24) is 0 Å². The van der Waals surface area contributed by atoms with Crippen LogP contribution in [-0.2, 0) is 0 Å². The molecule has 0 bridgehead atoms. The number of aliphatic hydroxyl groups excluding tert-OH is 1. The van der Waals surface area contributed by atoms with Gasteiger partial charge in [-0.1, -0.05) is 26.2 Å². The molecule has 2 atom stereocenters. The van der Waals surface area contributed by atoms with Gasteiger partial charge in [0.1, 0.15) is 0 Å². The average Bonchev–Trinajstić information content (AvgIpc) is 2.18. The summed E-state index contributed by atoms with van der Waals surface area (Å²) in [5.41, 5.74) is 0. The molecule has 0 aromatic heterocycles. The van der Waals surface area contributed by atoms with Crippen molar-refractivity contribution < 1.29 is 5.11 Å². The van der Waals surface area contributed by atoms with Crippen LogP contribution >= 0.6 is 0 Å². The van der Waals surface area contributed by atoms with Gasteiger partial charge < -0.3 is 5.11 Å². The summed E-state index contributed by atoms with van der Waals surface area (Å²) >= 11 is 0. The summed E-state index contributed by atoms with van der Waals surface area (Å²) in [5.74, 6) is 1.70. The molecular formula is C8H16O. The highest BCUT2D eigenvalue weighted by Gasteiger charge is 2.21. The van der Waals surface area contributed by atoms with Crippen molar-refractivity contribution in [3.05, 3.63) is 0 Å². The van der Waals surface area contributed by atoms with Crippen LogP contribution in [0.2, 0.25) is 0 Å². The largest absolute Gasteiger partial charge is 0.396 e. The molecule has 1 rings (SSSR count). The van der Waals surface area contributed by atoms with Crippen LogP contribution in [0.4, 0.5) is 0 Å². The second-order valence-electron chi connectivity index (χ2n) is 3.18. The Morgan fingerprint density at radius 3 is 2.67 bits per heavy atom. The first-order chi connectivity index (χ1) is 4.34. The van der Waals surface area contributed by atoms with Crippen molar-refractivity contribution >= 4 is 0 Å². The van der Waals surface area contributed by atoms with Gasteiger partial charge in [0.2, 0.25) is 0 Å². The number of rotatable bonds is 2. The number of hydrogen-bond acceptors (Lipinski definition) is 1. The molecule has 1 saturated carbocycles. The predicted octanol–water partition coefficient (Wildman–Crippen LogP) is 1.81. The molecule has 0 heterocycles. The summed E-state index contributed by atoms with van der Waals surface area (Å²) < 4.78 is 0. The third-order valence-electron chi connectivity index (χ3n) is 2.54. The van der Waals surface area contributed by atoms with Gasteiger partial charge in [-0.25, -0.2) is 0 Å². The Bertz CT molecular complexity index is 80.6. The van der Waals surface area contributed by atoms with E-state index in [9.17, 15) is 0 Å². The molecule has 0 aromatic carbocycles. The summed E-state index contributed by atoms with van der Waals surface area (Å²) in [5, 5.41) is 8.64. The van der Waals surface area contributed by atoms with Gasteiger partial charge in [0.25, 0.3) is 0 Å². The SMILES string of the molecule is CC1CCC[C@@H]1CCO. The zero-order chi connectivity index (χ0) is 6.69. The molecule has 0 spiro atoms. The maximum absolute atomic E-state index is 8.64. The van der Waals surface area contributed by atoms with Gasteiger partial charge in [0, 0.05) is 6.61 Å². The maximum Gasteiger partial charge on any atom is 0.0433 e. The van der Waals surface area contributed by atoms with Crippen LogP contribution in [0, 0.1) is 11.8 Å². The summed E-state index contributed by atoms with van der Waals surface area (Å²) in [6, 6.07) is 0. The molecule has 1 N–H and O–H groups in total. The highest BCUT2D eigenvalue weighted by molar-refractivity contribution is 4.73. The lowest BCUT2D eigenvalue weighted by molar-refractivity contribution is 0.240. The van der Waals surface area contributed by atoms with Crippen LogP contribution in [0.5, 0.6) is 0 Å². The van der Waals surface area contributed by atoms with E-state index in [0.29, 0.717) is 6.61 Å². The van der Waals surface area contributed by atoms with E-state index < -0.39 is 0 Å². The van der Waals surface area contributed by atoms with Crippen molar-refractivity contribution in [3.63, 3.8) is 0 Å². The Kier molecular flexibility index (Phi) is 2.52. The zero-order valence-electron chi connectivity index (χ0n) is 6.14. The molecule has 9 heavy (non-hydrogen) atoms. The molecule has 1 aliphatic rings. The molecule has 54 valence electrons. The van der Waals surface area contributed by atoms with Gasteiger partial charge in [0.15, 0.2) is 0 Å². The normalized spacial score (nSPS) is 35.3. The van der Waals surface area contributed by atoms with E-state index in [2.05, 4.69) is 6.92 Å². The first-order valence-electron chi connectivity index (χ1n) is 3.95. The van der Waals surface area contributed by atoms with Gasteiger partial charge >= 0.3 is 0 Å². The van der Waals surface area contributed by atoms with Gasteiger partial charge in [-0.15, -0.1) is 0 Å². The monoisotopic (exact) mass is 128 g/mol. The zero-order valence-corrected chi connectivity index (χ0v) is 6.14. The number of hydrogen-bond donors (Lipinski definition) is 1. The smallest absolute Gasteiger partial charge is 0.0433 e. The molecule has 0 aliphatic heterocycles. The lowest BCUT2D eigenvalue weighted by Gasteiger charge is -2.12. The van der Waals surface area contributed by atoms with E-state index in [1.54, 1.807) is 0 Å². The van der Waals surface area contributed by atoms with Gasteiger partial charge in [0.05, 0.1) is 0 Å². The average molecular weight is 128 g/mol. The molecule has 0 amide bonds. The fourth-order valence-corrected chi connectivity index (χ4v) is 1.82. The van der Waals surface area contributed by atoms with Crippen molar-refractivity contribution in [3.8, 4) is 0 Å². The Hall–Kier alpha value is -0.0400. The second kappa shape index (κ2) is 3.21. The highest BCUT2D eigenvalue weighted by Crippen LogP contribution is 2.32. The van der Waals surface area contributed by atoms with E-state index in [1.165, 1.54) is 19.3 Å². The van der Waals surface area contributed by atoms with E-state index in [1.807, 2.05) is 0 Å². The minimum Gasteiger partial charge on any atom is -0.396 e. The van der Waals surface area contributed by atoms with E-state index >= 15 is 0 Å². The Morgan fingerprint density at radius 1 is 1.44 bits per heavy atom. The standard InChI is InChI=1S/C8H16O/c1-7-3-2-4-8(7)5-6-9/h7-9H,2-6H2,1H3/t7?,8-/m1/s1. The fraction of sp³-hybridized carbons (Fsp3) is 1.00. The van der Waals surface area contributed by atoms with Crippen LogP contribution in [0.3, 0.4) is 0 Å². The maximum atomic E-state index is 8.64. The topological polar surface area (TPSA) is 20.2 Å². The molecule has 1 heteroatoms. The van der Waals surface area contributed by atoms with Crippen molar-refractivity contribution in [2.75, 3.05) is 6.61 Å². The quantitative estimate of drug-likeness (QED) is 0.601.